The van der Waals surface area contributed by atoms with E-state index in [1.54, 1.807) is 48.5 Å². The molecule has 2 aromatic rings. The van der Waals surface area contributed by atoms with Crippen molar-refractivity contribution in [3.8, 4) is 0 Å². The Kier molecular flexibility index (Phi) is 5.39. The first-order valence-corrected chi connectivity index (χ1v) is 6.98. The molecule has 0 spiro atoms. The summed E-state index contributed by atoms with van der Waals surface area (Å²) in [5, 5.41) is 13.0. The van der Waals surface area contributed by atoms with Gasteiger partial charge in [0.05, 0.1) is 6.61 Å². The molecule has 0 fully saturated rings. The fourth-order valence-electron chi connectivity index (χ4n) is 1.76. The Hall–Kier alpha value is -1.81. The Bertz CT molecular complexity index is 684. The molecule has 0 radical (unpaired) electrons. The number of anilines is 1. The molecule has 0 aromatic heterocycles. The van der Waals surface area contributed by atoms with Crippen molar-refractivity contribution in [1.29, 1.82) is 0 Å². The second kappa shape index (κ2) is 7.27. The summed E-state index contributed by atoms with van der Waals surface area (Å²) in [6.45, 7) is -0.139. The van der Waals surface area contributed by atoms with Crippen molar-refractivity contribution in [2.45, 2.75) is 6.61 Å². The lowest BCUT2D eigenvalue weighted by Gasteiger charge is -2.07. The highest BCUT2D eigenvalue weighted by Crippen LogP contribution is 2.22. The normalized spacial score (nSPS) is 10.8. The van der Waals surface area contributed by atoms with E-state index in [0.29, 0.717) is 26.9 Å². The molecule has 0 atom stereocenters. The number of carbonyl (C=O) groups excluding carboxylic acids is 1. The van der Waals surface area contributed by atoms with Gasteiger partial charge in [-0.3, -0.25) is 4.79 Å². The largest absolute Gasteiger partial charge is 0.392 e. The predicted molar refractivity (Wildman–Crippen MR) is 86.5 cm³/mol. The fraction of sp³-hybridized carbons (Fsp3) is 0.0625. The average Bonchev–Trinajstić information content (AvgIpc) is 2.49. The maximum absolute atomic E-state index is 11.9. The minimum atomic E-state index is -0.313. The Morgan fingerprint density at radius 2 is 1.95 bits per heavy atom. The van der Waals surface area contributed by atoms with Crippen molar-refractivity contribution in [2.24, 2.45) is 0 Å². The summed E-state index contributed by atoms with van der Waals surface area (Å²) >= 11 is 11.9. The van der Waals surface area contributed by atoms with Crippen molar-refractivity contribution in [2.75, 3.05) is 5.32 Å². The zero-order chi connectivity index (χ0) is 15.2. The summed E-state index contributed by atoms with van der Waals surface area (Å²) in [5.41, 5.74) is 1.89. The number of rotatable bonds is 4. The number of para-hydroxylation sites is 1. The highest BCUT2D eigenvalue weighted by molar-refractivity contribution is 6.34. The van der Waals surface area contributed by atoms with Crippen LogP contribution in [0.15, 0.2) is 48.5 Å². The first-order chi connectivity index (χ1) is 10.1. The topological polar surface area (TPSA) is 49.3 Å². The molecule has 0 heterocycles. The number of carbonyl (C=O) groups is 1. The van der Waals surface area contributed by atoms with Gasteiger partial charge in [0.15, 0.2) is 0 Å². The number of amides is 1. The monoisotopic (exact) mass is 321 g/mol. The smallest absolute Gasteiger partial charge is 0.248 e. The van der Waals surface area contributed by atoms with Crippen LogP contribution in [0.4, 0.5) is 5.69 Å². The third-order valence-corrected chi connectivity index (χ3v) is 3.40. The molecule has 0 aliphatic heterocycles. The number of aliphatic hydroxyl groups is 1. The van der Waals surface area contributed by atoms with Crippen LogP contribution in [-0.2, 0) is 11.4 Å². The molecule has 21 heavy (non-hydrogen) atoms. The van der Waals surface area contributed by atoms with Crippen LogP contribution < -0.4 is 5.32 Å². The highest BCUT2D eigenvalue weighted by atomic mass is 35.5. The minimum Gasteiger partial charge on any atom is -0.392 e. The van der Waals surface area contributed by atoms with Gasteiger partial charge in [-0.1, -0.05) is 41.4 Å². The van der Waals surface area contributed by atoms with E-state index in [2.05, 4.69) is 5.32 Å². The Balaban J connectivity index is 2.11. The Morgan fingerprint density at radius 1 is 1.19 bits per heavy atom. The molecule has 0 saturated heterocycles. The third-order valence-electron chi connectivity index (χ3n) is 2.82. The molecular formula is C16H13Cl2NO2. The van der Waals surface area contributed by atoms with E-state index in [1.807, 2.05) is 0 Å². The average molecular weight is 322 g/mol. The first-order valence-electron chi connectivity index (χ1n) is 6.23. The molecule has 1 amide bonds. The molecule has 2 aromatic carbocycles. The Labute approximate surface area is 132 Å². The van der Waals surface area contributed by atoms with Gasteiger partial charge in [-0.05, 0) is 35.9 Å². The zero-order valence-corrected chi connectivity index (χ0v) is 12.5. The van der Waals surface area contributed by atoms with Gasteiger partial charge >= 0.3 is 0 Å². The van der Waals surface area contributed by atoms with E-state index in [4.69, 9.17) is 23.2 Å². The molecule has 0 bridgehead atoms. The summed E-state index contributed by atoms with van der Waals surface area (Å²) in [6, 6.07) is 12.1. The van der Waals surface area contributed by atoms with Crippen molar-refractivity contribution < 1.29 is 9.90 Å². The summed E-state index contributed by atoms with van der Waals surface area (Å²) in [5.74, 6) is -0.313. The van der Waals surface area contributed by atoms with Crippen LogP contribution in [0.25, 0.3) is 6.08 Å². The standard InChI is InChI=1S/C16H13Cl2NO2/c17-13-6-7-14(18)11(9-13)5-8-16(21)19-15-4-2-1-3-12(15)10-20/h1-9,20H,10H2,(H,19,21). The van der Waals surface area contributed by atoms with Gasteiger partial charge in [0, 0.05) is 27.4 Å². The summed E-state index contributed by atoms with van der Waals surface area (Å²) in [4.78, 5) is 11.9. The fourth-order valence-corrected chi connectivity index (χ4v) is 2.12. The van der Waals surface area contributed by atoms with Gasteiger partial charge in [-0.15, -0.1) is 0 Å². The van der Waals surface area contributed by atoms with Crippen LogP contribution in [-0.4, -0.2) is 11.0 Å². The van der Waals surface area contributed by atoms with Crippen molar-refractivity contribution in [3.05, 3.63) is 69.7 Å². The van der Waals surface area contributed by atoms with Gasteiger partial charge in [0.1, 0.15) is 0 Å². The lowest BCUT2D eigenvalue weighted by Crippen LogP contribution is -2.09. The lowest BCUT2D eigenvalue weighted by atomic mass is 10.2. The molecule has 108 valence electrons. The molecule has 5 heteroatoms. The van der Waals surface area contributed by atoms with Crippen LogP contribution in [0.5, 0.6) is 0 Å². The van der Waals surface area contributed by atoms with E-state index >= 15 is 0 Å². The van der Waals surface area contributed by atoms with E-state index in [-0.39, 0.29) is 12.5 Å². The molecule has 0 unspecified atom stereocenters. The number of hydrogen-bond donors (Lipinski definition) is 2. The van der Waals surface area contributed by atoms with E-state index < -0.39 is 0 Å². The van der Waals surface area contributed by atoms with Gasteiger partial charge in [-0.2, -0.15) is 0 Å². The molecule has 0 aliphatic carbocycles. The van der Waals surface area contributed by atoms with Gasteiger partial charge < -0.3 is 10.4 Å². The quantitative estimate of drug-likeness (QED) is 0.831. The maximum Gasteiger partial charge on any atom is 0.248 e. The van der Waals surface area contributed by atoms with Crippen LogP contribution in [0.1, 0.15) is 11.1 Å². The minimum absolute atomic E-state index is 0.139. The Morgan fingerprint density at radius 3 is 2.71 bits per heavy atom. The molecular weight excluding hydrogens is 309 g/mol. The van der Waals surface area contributed by atoms with Crippen LogP contribution in [0, 0.1) is 0 Å². The lowest BCUT2D eigenvalue weighted by molar-refractivity contribution is -0.111. The summed E-state index contributed by atoms with van der Waals surface area (Å²) in [6.07, 6.45) is 2.96. The maximum atomic E-state index is 11.9. The molecule has 3 nitrogen and oxygen atoms in total. The second-order valence-electron chi connectivity index (χ2n) is 4.30. The van der Waals surface area contributed by atoms with Gasteiger partial charge in [-0.25, -0.2) is 0 Å². The number of aliphatic hydroxyl groups excluding tert-OH is 1. The molecule has 2 N–H and O–H groups in total. The summed E-state index contributed by atoms with van der Waals surface area (Å²) in [7, 11) is 0. The first kappa shape index (κ1) is 15.6. The van der Waals surface area contributed by atoms with Gasteiger partial charge in [0.25, 0.3) is 0 Å². The molecule has 2 rings (SSSR count). The second-order valence-corrected chi connectivity index (χ2v) is 5.15. The number of nitrogens with one attached hydrogen (secondary N) is 1. The van der Waals surface area contributed by atoms with Crippen molar-refractivity contribution in [1.82, 2.24) is 0 Å². The highest BCUT2D eigenvalue weighted by Gasteiger charge is 2.04. The summed E-state index contributed by atoms with van der Waals surface area (Å²) < 4.78 is 0. The SMILES string of the molecule is O=C(C=Cc1cc(Cl)ccc1Cl)Nc1ccccc1CO. The van der Waals surface area contributed by atoms with E-state index in [1.165, 1.54) is 6.08 Å². The van der Waals surface area contributed by atoms with Crippen LogP contribution in [0.2, 0.25) is 10.0 Å². The van der Waals surface area contributed by atoms with Gasteiger partial charge in [0.2, 0.25) is 5.91 Å². The van der Waals surface area contributed by atoms with Crippen LogP contribution in [0.3, 0.4) is 0 Å². The number of hydrogen-bond acceptors (Lipinski definition) is 2. The molecule has 0 saturated carbocycles. The van der Waals surface area contributed by atoms with E-state index in [0.717, 1.165) is 0 Å². The molecule has 0 aliphatic rings. The van der Waals surface area contributed by atoms with Crippen molar-refractivity contribution in [3.63, 3.8) is 0 Å². The van der Waals surface area contributed by atoms with Crippen LogP contribution >= 0.6 is 23.2 Å². The zero-order valence-electron chi connectivity index (χ0n) is 11.0. The third kappa shape index (κ3) is 4.33. The number of halogens is 2. The number of benzene rings is 2. The van der Waals surface area contributed by atoms with E-state index in [9.17, 15) is 9.90 Å². The van der Waals surface area contributed by atoms with Crippen molar-refractivity contribution >= 4 is 40.9 Å². The predicted octanol–water partition coefficient (Wildman–Crippen LogP) is 4.14.